The SMILES string of the molecule is CCCCCOc1ccc(C(O)C(O)C(N)=O)cc1. The zero-order chi connectivity index (χ0) is 14.3. The van der Waals surface area contributed by atoms with Crippen LogP contribution in [-0.2, 0) is 4.79 Å². The Bertz CT molecular complexity index is 391. The molecule has 0 saturated heterocycles. The van der Waals surface area contributed by atoms with Crippen LogP contribution in [0.15, 0.2) is 24.3 Å². The third-order valence-corrected chi connectivity index (χ3v) is 2.83. The minimum atomic E-state index is -1.60. The molecule has 1 aromatic rings. The summed E-state index contributed by atoms with van der Waals surface area (Å²) in [6.45, 7) is 2.78. The van der Waals surface area contributed by atoms with Crippen molar-refractivity contribution in [2.24, 2.45) is 5.73 Å². The molecule has 106 valence electrons. The van der Waals surface area contributed by atoms with Crippen molar-refractivity contribution < 1.29 is 19.7 Å². The van der Waals surface area contributed by atoms with Crippen LogP contribution < -0.4 is 10.5 Å². The summed E-state index contributed by atoms with van der Waals surface area (Å²) < 4.78 is 5.51. The lowest BCUT2D eigenvalue weighted by Gasteiger charge is -2.15. The van der Waals surface area contributed by atoms with Crippen LogP contribution in [-0.4, -0.2) is 28.8 Å². The van der Waals surface area contributed by atoms with Gasteiger partial charge < -0.3 is 20.7 Å². The zero-order valence-electron chi connectivity index (χ0n) is 11.1. The number of aliphatic hydroxyl groups is 2. The van der Waals surface area contributed by atoms with E-state index in [4.69, 9.17) is 10.5 Å². The topological polar surface area (TPSA) is 92.8 Å². The standard InChI is InChI=1S/C14H21NO4/c1-2-3-4-9-19-11-7-5-10(6-8-11)12(16)13(17)14(15)18/h5-8,12-13,16-17H,2-4,9H2,1H3,(H2,15,18). The summed E-state index contributed by atoms with van der Waals surface area (Å²) in [6.07, 6.45) is 0.352. The molecule has 19 heavy (non-hydrogen) atoms. The maximum absolute atomic E-state index is 10.8. The Hall–Kier alpha value is -1.59. The second-order valence-corrected chi connectivity index (χ2v) is 4.42. The lowest BCUT2D eigenvalue weighted by molar-refractivity contribution is -0.131. The molecule has 4 N–H and O–H groups in total. The van der Waals surface area contributed by atoms with E-state index < -0.39 is 18.1 Å². The number of ether oxygens (including phenoxy) is 1. The van der Waals surface area contributed by atoms with Gasteiger partial charge >= 0.3 is 0 Å². The average Bonchev–Trinajstić information content (AvgIpc) is 2.42. The van der Waals surface area contributed by atoms with Crippen LogP contribution in [0.5, 0.6) is 5.75 Å². The van der Waals surface area contributed by atoms with E-state index in [0.29, 0.717) is 17.9 Å². The summed E-state index contributed by atoms with van der Waals surface area (Å²) in [4.78, 5) is 10.8. The van der Waals surface area contributed by atoms with Crippen molar-refractivity contribution in [3.05, 3.63) is 29.8 Å². The van der Waals surface area contributed by atoms with Crippen LogP contribution in [0.3, 0.4) is 0 Å². The van der Waals surface area contributed by atoms with E-state index in [0.717, 1.165) is 19.3 Å². The number of benzene rings is 1. The van der Waals surface area contributed by atoms with Crippen LogP contribution in [0, 0.1) is 0 Å². The van der Waals surface area contributed by atoms with Gasteiger partial charge in [0.15, 0.2) is 6.10 Å². The second kappa shape index (κ2) is 7.76. The molecular formula is C14H21NO4. The molecule has 0 spiro atoms. The monoisotopic (exact) mass is 267 g/mol. The molecular weight excluding hydrogens is 246 g/mol. The summed E-state index contributed by atoms with van der Waals surface area (Å²) in [7, 11) is 0. The van der Waals surface area contributed by atoms with Crippen molar-refractivity contribution in [3.8, 4) is 5.75 Å². The molecule has 0 heterocycles. The highest BCUT2D eigenvalue weighted by Crippen LogP contribution is 2.20. The molecule has 1 amide bonds. The first-order valence-corrected chi connectivity index (χ1v) is 6.44. The van der Waals surface area contributed by atoms with Crippen molar-refractivity contribution in [3.63, 3.8) is 0 Å². The lowest BCUT2D eigenvalue weighted by atomic mass is 10.0. The number of rotatable bonds is 8. The molecule has 0 aliphatic heterocycles. The van der Waals surface area contributed by atoms with Gasteiger partial charge in [-0.15, -0.1) is 0 Å². The van der Waals surface area contributed by atoms with Crippen LogP contribution in [0.1, 0.15) is 37.9 Å². The number of amides is 1. The first-order valence-electron chi connectivity index (χ1n) is 6.44. The van der Waals surface area contributed by atoms with Gasteiger partial charge in [-0.1, -0.05) is 31.9 Å². The molecule has 0 bridgehead atoms. The van der Waals surface area contributed by atoms with Gasteiger partial charge in [-0.25, -0.2) is 0 Å². The maximum atomic E-state index is 10.8. The Morgan fingerprint density at radius 1 is 1.26 bits per heavy atom. The third-order valence-electron chi connectivity index (χ3n) is 2.83. The van der Waals surface area contributed by atoms with E-state index in [-0.39, 0.29) is 0 Å². The largest absolute Gasteiger partial charge is 0.494 e. The summed E-state index contributed by atoms with van der Waals surface area (Å²) in [5, 5.41) is 19.1. The maximum Gasteiger partial charge on any atom is 0.249 e. The quantitative estimate of drug-likeness (QED) is 0.616. The molecule has 0 saturated carbocycles. The van der Waals surface area contributed by atoms with Crippen LogP contribution in [0.4, 0.5) is 0 Å². The molecule has 0 aliphatic carbocycles. The number of aliphatic hydroxyl groups excluding tert-OH is 2. The molecule has 5 nitrogen and oxygen atoms in total. The van der Waals surface area contributed by atoms with E-state index >= 15 is 0 Å². The van der Waals surface area contributed by atoms with Crippen molar-refractivity contribution in [2.45, 2.75) is 38.4 Å². The Morgan fingerprint density at radius 3 is 2.42 bits per heavy atom. The first-order chi connectivity index (χ1) is 9.06. The minimum Gasteiger partial charge on any atom is -0.494 e. The van der Waals surface area contributed by atoms with Gasteiger partial charge in [0.2, 0.25) is 5.91 Å². The van der Waals surface area contributed by atoms with Gasteiger partial charge in [0.1, 0.15) is 11.9 Å². The summed E-state index contributed by atoms with van der Waals surface area (Å²) in [5.41, 5.74) is 5.35. The highest BCUT2D eigenvalue weighted by atomic mass is 16.5. The van der Waals surface area contributed by atoms with Gasteiger partial charge in [0, 0.05) is 0 Å². The zero-order valence-corrected chi connectivity index (χ0v) is 11.1. The molecule has 1 aromatic carbocycles. The fourth-order valence-corrected chi connectivity index (χ4v) is 1.64. The smallest absolute Gasteiger partial charge is 0.249 e. The summed E-state index contributed by atoms with van der Waals surface area (Å²) in [6, 6.07) is 6.59. The fourth-order valence-electron chi connectivity index (χ4n) is 1.64. The van der Waals surface area contributed by atoms with Crippen LogP contribution in [0.25, 0.3) is 0 Å². The number of nitrogens with two attached hydrogens (primary N) is 1. The predicted octanol–water partition coefficient (Wildman–Crippen LogP) is 1.14. The third kappa shape index (κ3) is 4.89. The average molecular weight is 267 g/mol. The predicted molar refractivity (Wildman–Crippen MR) is 71.6 cm³/mol. The number of carbonyl (C=O) groups excluding carboxylic acids is 1. The molecule has 0 aromatic heterocycles. The van der Waals surface area contributed by atoms with E-state index in [1.165, 1.54) is 0 Å². The number of primary amides is 1. The normalized spacial score (nSPS) is 13.8. The fraction of sp³-hybridized carbons (Fsp3) is 0.500. The Labute approximate surface area is 113 Å². The van der Waals surface area contributed by atoms with Gasteiger partial charge in [0.25, 0.3) is 0 Å². The van der Waals surface area contributed by atoms with E-state index in [1.54, 1.807) is 24.3 Å². The Morgan fingerprint density at radius 2 is 1.89 bits per heavy atom. The van der Waals surface area contributed by atoms with E-state index in [1.807, 2.05) is 0 Å². The Balaban J connectivity index is 2.53. The number of unbranched alkanes of at least 4 members (excludes halogenated alkanes) is 2. The highest BCUT2D eigenvalue weighted by molar-refractivity contribution is 5.79. The van der Waals surface area contributed by atoms with Crippen molar-refractivity contribution >= 4 is 5.91 Å². The molecule has 0 fully saturated rings. The van der Waals surface area contributed by atoms with Crippen molar-refractivity contribution in [2.75, 3.05) is 6.61 Å². The van der Waals surface area contributed by atoms with Crippen molar-refractivity contribution in [1.29, 1.82) is 0 Å². The minimum absolute atomic E-state index is 0.423. The molecule has 5 heteroatoms. The summed E-state index contributed by atoms with van der Waals surface area (Å²) >= 11 is 0. The lowest BCUT2D eigenvalue weighted by Crippen LogP contribution is -2.33. The molecule has 2 unspecified atom stereocenters. The number of hydrogen-bond acceptors (Lipinski definition) is 4. The first kappa shape index (κ1) is 15.5. The van der Waals surface area contributed by atoms with Crippen molar-refractivity contribution in [1.82, 2.24) is 0 Å². The molecule has 1 rings (SSSR count). The highest BCUT2D eigenvalue weighted by Gasteiger charge is 2.23. The number of carbonyl (C=O) groups is 1. The second-order valence-electron chi connectivity index (χ2n) is 4.42. The van der Waals surface area contributed by atoms with Crippen LogP contribution >= 0.6 is 0 Å². The molecule has 0 radical (unpaired) electrons. The van der Waals surface area contributed by atoms with Gasteiger partial charge in [0.05, 0.1) is 6.61 Å². The van der Waals surface area contributed by atoms with E-state index in [9.17, 15) is 15.0 Å². The Kier molecular flexibility index (Phi) is 6.32. The molecule has 2 atom stereocenters. The molecule has 0 aliphatic rings. The van der Waals surface area contributed by atoms with Gasteiger partial charge in [-0.2, -0.15) is 0 Å². The van der Waals surface area contributed by atoms with E-state index in [2.05, 4.69) is 6.92 Å². The van der Waals surface area contributed by atoms with Crippen LogP contribution in [0.2, 0.25) is 0 Å². The summed E-state index contributed by atoms with van der Waals surface area (Å²) in [5.74, 6) is -0.256. The van der Waals surface area contributed by atoms with Gasteiger partial charge in [-0.05, 0) is 24.1 Å². The van der Waals surface area contributed by atoms with Gasteiger partial charge in [-0.3, -0.25) is 4.79 Å². The number of hydrogen-bond donors (Lipinski definition) is 3.